The summed E-state index contributed by atoms with van der Waals surface area (Å²) in [4.78, 5) is 13.1. The van der Waals surface area contributed by atoms with Gasteiger partial charge in [0.2, 0.25) is 0 Å². The highest BCUT2D eigenvalue weighted by Crippen LogP contribution is 2.42. The van der Waals surface area contributed by atoms with E-state index in [9.17, 15) is 4.79 Å². The van der Waals surface area contributed by atoms with E-state index in [2.05, 4.69) is 26.9 Å². The summed E-state index contributed by atoms with van der Waals surface area (Å²) in [6.07, 6.45) is 4.90. The molecular formula is C20H24N4O3. The predicted octanol–water partition coefficient (Wildman–Crippen LogP) is 2.03. The van der Waals surface area contributed by atoms with Gasteiger partial charge in [-0.05, 0) is 30.5 Å². The second-order valence-electron chi connectivity index (χ2n) is 7.56. The Morgan fingerprint density at radius 3 is 2.81 bits per heavy atom. The Morgan fingerprint density at radius 2 is 1.96 bits per heavy atom. The highest BCUT2D eigenvalue weighted by molar-refractivity contribution is 5.94. The Kier molecular flexibility index (Phi) is 4.04. The average molecular weight is 368 g/mol. The number of aromatic amines is 1. The van der Waals surface area contributed by atoms with Gasteiger partial charge in [0.15, 0.2) is 17.2 Å². The van der Waals surface area contributed by atoms with Crippen LogP contribution in [0, 0.1) is 0 Å². The summed E-state index contributed by atoms with van der Waals surface area (Å²) in [5, 5.41) is 14.0. The maximum Gasteiger partial charge on any atom is 0.272 e. The molecule has 1 fully saturated rings. The fourth-order valence-corrected chi connectivity index (χ4v) is 4.50. The molecule has 7 nitrogen and oxygen atoms in total. The quantitative estimate of drug-likeness (QED) is 0.771. The molecule has 0 bridgehead atoms. The molecule has 2 aliphatic heterocycles. The van der Waals surface area contributed by atoms with E-state index in [1.807, 2.05) is 12.1 Å². The van der Waals surface area contributed by atoms with Crippen LogP contribution in [0.3, 0.4) is 0 Å². The first-order valence-electron chi connectivity index (χ1n) is 9.75. The molecule has 1 amide bonds. The average Bonchev–Trinajstić information content (AvgIpc) is 3.35. The van der Waals surface area contributed by atoms with Gasteiger partial charge in [0.05, 0.1) is 5.54 Å². The van der Waals surface area contributed by atoms with Crippen molar-refractivity contribution in [1.29, 1.82) is 0 Å². The second kappa shape index (κ2) is 6.56. The molecule has 1 aromatic heterocycles. The predicted molar refractivity (Wildman–Crippen MR) is 99.0 cm³/mol. The first-order valence-corrected chi connectivity index (χ1v) is 9.75. The minimum absolute atomic E-state index is 0.104. The van der Waals surface area contributed by atoms with Crippen molar-refractivity contribution in [2.24, 2.45) is 0 Å². The van der Waals surface area contributed by atoms with Crippen LogP contribution in [0.15, 0.2) is 18.2 Å². The number of benzene rings is 1. The second-order valence-corrected chi connectivity index (χ2v) is 7.56. The number of rotatable bonds is 3. The van der Waals surface area contributed by atoms with Gasteiger partial charge in [-0.3, -0.25) is 9.89 Å². The van der Waals surface area contributed by atoms with Crippen molar-refractivity contribution in [2.75, 3.05) is 19.8 Å². The molecule has 0 saturated heterocycles. The summed E-state index contributed by atoms with van der Waals surface area (Å²) in [6, 6.07) is 6.04. The van der Waals surface area contributed by atoms with Crippen LogP contribution in [0.2, 0.25) is 0 Å². The van der Waals surface area contributed by atoms with Gasteiger partial charge in [-0.15, -0.1) is 0 Å². The lowest BCUT2D eigenvalue weighted by atomic mass is 9.87. The molecule has 3 heterocycles. The molecule has 3 N–H and O–H groups in total. The fourth-order valence-electron chi connectivity index (χ4n) is 4.50. The Labute approximate surface area is 157 Å². The third-order valence-corrected chi connectivity index (χ3v) is 5.93. The lowest BCUT2D eigenvalue weighted by molar-refractivity contribution is 0.0891. The topological polar surface area (TPSA) is 88.3 Å². The minimum Gasteiger partial charge on any atom is -0.486 e. The van der Waals surface area contributed by atoms with E-state index >= 15 is 0 Å². The van der Waals surface area contributed by atoms with Crippen LogP contribution in [0.1, 0.15) is 53.0 Å². The van der Waals surface area contributed by atoms with Crippen molar-refractivity contribution in [1.82, 2.24) is 20.8 Å². The first-order chi connectivity index (χ1) is 13.3. The number of carbonyl (C=O) groups excluding carboxylic acids is 1. The molecular weight excluding hydrogens is 344 g/mol. The van der Waals surface area contributed by atoms with E-state index in [0.717, 1.165) is 67.0 Å². The van der Waals surface area contributed by atoms with Gasteiger partial charge in [-0.2, -0.15) is 5.10 Å². The van der Waals surface area contributed by atoms with Gasteiger partial charge in [-0.25, -0.2) is 0 Å². The molecule has 2 aromatic rings. The molecule has 0 spiro atoms. The van der Waals surface area contributed by atoms with Crippen molar-refractivity contribution in [3.63, 3.8) is 0 Å². The summed E-state index contributed by atoms with van der Waals surface area (Å²) >= 11 is 0. The number of hydrogen-bond donors (Lipinski definition) is 3. The number of aromatic nitrogens is 2. The normalized spacial score (nSPS) is 20.1. The van der Waals surface area contributed by atoms with E-state index in [-0.39, 0.29) is 11.4 Å². The highest BCUT2D eigenvalue weighted by Gasteiger charge is 2.39. The van der Waals surface area contributed by atoms with E-state index in [1.165, 1.54) is 0 Å². The lowest BCUT2D eigenvalue weighted by Crippen LogP contribution is -2.44. The third-order valence-electron chi connectivity index (χ3n) is 5.93. The molecule has 3 aliphatic rings. The molecule has 1 aliphatic carbocycles. The van der Waals surface area contributed by atoms with Crippen LogP contribution in [0.25, 0.3) is 0 Å². The molecule has 142 valence electrons. The van der Waals surface area contributed by atoms with E-state index in [0.29, 0.717) is 25.5 Å². The maximum atomic E-state index is 13.1. The fraction of sp³-hybridized carbons (Fsp3) is 0.500. The highest BCUT2D eigenvalue weighted by atomic mass is 16.6. The van der Waals surface area contributed by atoms with Crippen LogP contribution in [-0.4, -0.2) is 35.9 Å². The van der Waals surface area contributed by atoms with Gasteiger partial charge in [0.1, 0.15) is 13.2 Å². The number of ether oxygens (including phenoxy) is 2. The van der Waals surface area contributed by atoms with E-state index in [1.54, 1.807) is 0 Å². The molecule has 27 heavy (non-hydrogen) atoms. The van der Waals surface area contributed by atoms with Gasteiger partial charge in [0.25, 0.3) is 5.91 Å². The molecule has 7 heteroatoms. The number of hydrogen-bond acceptors (Lipinski definition) is 5. The summed E-state index contributed by atoms with van der Waals surface area (Å²) in [7, 11) is 0. The zero-order valence-corrected chi connectivity index (χ0v) is 15.3. The van der Waals surface area contributed by atoms with Gasteiger partial charge < -0.3 is 20.1 Å². The molecule has 1 saturated carbocycles. The Bertz CT molecular complexity index is 870. The Balaban J connectivity index is 1.45. The maximum absolute atomic E-state index is 13.1. The summed E-state index contributed by atoms with van der Waals surface area (Å²) < 4.78 is 11.4. The van der Waals surface area contributed by atoms with Crippen LogP contribution in [-0.2, 0) is 18.5 Å². The van der Waals surface area contributed by atoms with Gasteiger partial charge >= 0.3 is 0 Å². The zero-order valence-electron chi connectivity index (χ0n) is 15.3. The van der Waals surface area contributed by atoms with E-state index < -0.39 is 0 Å². The van der Waals surface area contributed by atoms with Gasteiger partial charge in [0, 0.05) is 30.8 Å². The number of fused-ring (bicyclic) bond motifs is 2. The van der Waals surface area contributed by atoms with Crippen molar-refractivity contribution in [3.8, 4) is 11.5 Å². The summed E-state index contributed by atoms with van der Waals surface area (Å²) in [6.45, 7) is 2.73. The van der Waals surface area contributed by atoms with Crippen LogP contribution >= 0.6 is 0 Å². The molecule has 5 rings (SSSR count). The Morgan fingerprint density at radius 1 is 1.15 bits per heavy atom. The monoisotopic (exact) mass is 368 g/mol. The number of carbonyl (C=O) groups is 1. The van der Waals surface area contributed by atoms with Crippen molar-refractivity contribution < 1.29 is 14.3 Å². The molecule has 0 unspecified atom stereocenters. The Hall–Kier alpha value is -2.54. The number of nitrogens with zero attached hydrogens (tertiary/aromatic N) is 1. The SMILES string of the molecule is O=C(NC1(c2ccc3c(c2)OCCO3)CCCC1)c1n[nH]c2c1CNCC2. The van der Waals surface area contributed by atoms with Crippen LogP contribution in [0.4, 0.5) is 0 Å². The van der Waals surface area contributed by atoms with Crippen LogP contribution in [0.5, 0.6) is 11.5 Å². The zero-order chi connectivity index (χ0) is 18.3. The number of nitrogens with one attached hydrogen (secondary N) is 3. The minimum atomic E-state index is -0.374. The lowest BCUT2D eigenvalue weighted by Gasteiger charge is -2.32. The largest absolute Gasteiger partial charge is 0.486 e. The smallest absolute Gasteiger partial charge is 0.272 e. The van der Waals surface area contributed by atoms with Crippen molar-refractivity contribution in [3.05, 3.63) is 40.7 Å². The van der Waals surface area contributed by atoms with Crippen molar-refractivity contribution in [2.45, 2.75) is 44.2 Å². The van der Waals surface area contributed by atoms with E-state index in [4.69, 9.17) is 9.47 Å². The standard InChI is InChI=1S/C20H24N4O3/c25-19(18-14-12-21-8-5-15(14)23-24-18)22-20(6-1-2-7-20)13-3-4-16-17(11-13)27-10-9-26-16/h3-4,11,21H,1-2,5-10,12H2,(H,22,25)(H,23,24). The molecule has 1 aromatic carbocycles. The molecule has 0 atom stereocenters. The third kappa shape index (κ3) is 2.86. The summed E-state index contributed by atoms with van der Waals surface area (Å²) in [5.41, 5.74) is 3.29. The molecule has 0 radical (unpaired) electrons. The van der Waals surface area contributed by atoms with Crippen molar-refractivity contribution >= 4 is 5.91 Å². The first kappa shape index (κ1) is 16.6. The summed E-state index contributed by atoms with van der Waals surface area (Å²) in [5.74, 6) is 1.44. The van der Waals surface area contributed by atoms with Crippen LogP contribution < -0.4 is 20.1 Å². The number of H-pyrrole nitrogens is 1. The van der Waals surface area contributed by atoms with Gasteiger partial charge in [-0.1, -0.05) is 18.9 Å². The number of amides is 1.